The van der Waals surface area contributed by atoms with E-state index in [2.05, 4.69) is 20.5 Å². The van der Waals surface area contributed by atoms with Crippen molar-refractivity contribution in [2.75, 3.05) is 46.4 Å². The Morgan fingerprint density at radius 3 is 2.74 bits per heavy atom. The molecule has 3 atom stereocenters. The number of aromatic nitrogens is 3. The van der Waals surface area contributed by atoms with E-state index in [1.54, 1.807) is 4.68 Å². The monoisotopic (exact) mass is 478 g/mol. The number of rotatable bonds is 6. The van der Waals surface area contributed by atoms with Gasteiger partial charge in [0.05, 0.1) is 31.6 Å². The van der Waals surface area contributed by atoms with E-state index in [1.165, 1.54) is 11.9 Å². The second-order valence-electron chi connectivity index (χ2n) is 10.7. The van der Waals surface area contributed by atoms with Crippen LogP contribution in [0.3, 0.4) is 0 Å². The topological polar surface area (TPSA) is 122 Å². The molecule has 0 aromatic carbocycles. The van der Waals surface area contributed by atoms with Crippen molar-refractivity contribution in [3.05, 3.63) is 11.9 Å². The molecule has 3 aliphatic rings. The maximum Gasteiger partial charge on any atom is 0.248 e. The number of hydrogen-bond donors (Lipinski definition) is 2. The quantitative estimate of drug-likeness (QED) is 0.584. The highest BCUT2D eigenvalue weighted by molar-refractivity contribution is 5.90. The molecule has 0 radical (unpaired) electrons. The van der Waals surface area contributed by atoms with Crippen LogP contribution in [0.25, 0.3) is 0 Å². The number of amides is 2. The lowest BCUT2D eigenvalue weighted by Gasteiger charge is -2.38. The van der Waals surface area contributed by atoms with Gasteiger partial charge >= 0.3 is 0 Å². The van der Waals surface area contributed by atoms with Gasteiger partial charge in [0.2, 0.25) is 11.8 Å². The number of piperidine rings is 1. The van der Waals surface area contributed by atoms with Gasteiger partial charge in [-0.05, 0) is 18.4 Å². The number of nitrogens with one attached hydrogen (secondary N) is 1. The summed E-state index contributed by atoms with van der Waals surface area (Å²) >= 11 is 0. The summed E-state index contributed by atoms with van der Waals surface area (Å²) in [6, 6.07) is -1.34. The highest BCUT2D eigenvalue weighted by Gasteiger charge is 2.45. The summed E-state index contributed by atoms with van der Waals surface area (Å²) in [5.74, 6) is -0.963. The number of likely N-dealkylation sites (tertiary alicyclic amines) is 2. The van der Waals surface area contributed by atoms with E-state index < -0.39 is 29.4 Å². The molecule has 2 amide bonds. The summed E-state index contributed by atoms with van der Waals surface area (Å²) in [4.78, 5) is 29.8. The van der Waals surface area contributed by atoms with Crippen molar-refractivity contribution in [1.29, 1.82) is 0 Å². The van der Waals surface area contributed by atoms with Crippen LogP contribution in [-0.4, -0.2) is 106 Å². The summed E-state index contributed by atoms with van der Waals surface area (Å²) < 4.78 is 13.4. The predicted molar refractivity (Wildman–Crippen MR) is 123 cm³/mol. The zero-order valence-electron chi connectivity index (χ0n) is 20.7. The first-order chi connectivity index (χ1) is 16.1. The molecule has 1 spiro atoms. The Morgan fingerprint density at radius 1 is 1.32 bits per heavy atom. The van der Waals surface area contributed by atoms with Crippen molar-refractivity contribution in [2.45, 2.75) is 70.4 Å². The molecular weight excluding hydrogens is 440 g/mol. The second kappa shape index (κ2) is 9.88. The van der Waals surface area contributed by atoms with Crippen LogP contribution in [-0.2, 0) is 25.5 Å². The highest BCUT2D eigenvalue weighted by Crippen LogP contribution is 2.34. The largest absolute Gasteiger partial charge is 0.391 e. The van der Waals surface area contributed by atoms with Crippen LogP contribution < -0.4 is 5.32 Å². The zero-order valence-corrected chi connectivity index (χ0v) is 20.7. The fourth-order valence-corrected chi connectivity index (χ4v) is 5.33. The van der Waals surface area contributed by atoms with Gasteiger partial charge in [-0.25, -0.2) is 4.68 Å². The third-order valence-electron chi connectivity index (χ3n) is 6.98. The summed E-state index contributed by atoms with van der Waals surface area (Å²) in [6.45, 7) is 9.88. The van der Waals surface area contributed by atoms with E-state index in [-0.39, 0.29) is 24.8 Å². The van der Waals surface area contributed by atoms with Gasteiger partial charge in [0.1, 0.15) is 12.1 Å². The minimum absolute atomic E-state index is 0.131. The fraction of sp³-hybridized carbons (Fsp3) is 0.826. The number of hydrogen-bond acceptors (Lipinski definition) is 8. The Morgan fingerprint density at radius 2 is 2.06 bits per heavy atom. The van der Waals surface area contributed by atoms with E-state index in [0.717, 1.165) is 38.2 Å². The van der Waals surface area contributed by atoms with Gasteiger partial charge in [0.25, 0.3) is 0 Å². The van der Waals surface area contributed by atoms with E-state index in [0.29, 0.717) is 19.6 Å². The molecule has 0 bridgehead atoms. The molecule has 11 nitrogen and oxygen atoms in total. The van der Waals surface area contributed by atoms with Crippen LogP contribution in [0, 0.1) is 5.41 Å². The number of β-amino-alcohol motifs (C(OH)–C–C–N with tert-alkyl or cyclic N) is 1. The zero-order chi connectivity index (χ0) is 24.5. The molecule has 0 aliphatic carbocycles. The van der Waals surface area contributed by atoms with Gasteiger partial charge in [-0.15, -0.1) is 5.10 Å². The van der Waals surface area contributed by atoms with Crippen molar-refractivity contribution in [3.8, 4) is 0 Å². The first-order valence-corrected chi connectivity index (χ1v) is 12.2. The normalized spacial score (nSPS) is 26.2. The molecule has 34 heavy (non-hydrogen) atoms. The van der Waals surface area contributed by atoms with E-state index in [1.807, 2.05) is 27.0 Å². The smallest absolute Gasteiger partial charge is 0.248 e. The standard InChI is InChI=1S/C23H38N6O5/c1-22(2,3)19(21(32)28-14-17(30)12-18(28)20(31)24-4)29-13-16(25-26-29)6-9-27-8-5-7-23(15-27)33-10-11-34-23/h13,17-19,30H,5-12,14-15H2,1-4H3,(H,24,31)/t17-,18+,19-/m1/s1. The molecule has 1 aromatic heterocycles. The summed E-state index contributed by atoms with van der Waals surface area (Å²) in [5.41, 5.74) is 0.332. The molecule has 3 aliphatic heterocycles. The Bertz CT molecular complexity index is 877. The number of aliphatic hydroxyl groups is 1. The summed E-state index contributed by atoms with van der Waals surface area (Å²) in [7, 11) is 1.54. The fourth-order valence-electron chi connectivity index (χ4n) is 5.33. The van der Waals surface area contributed by atoms with E-state index in [4.69, 9.17) is 9.47 Å². The van der Waals surface area contributed by atoms with Crippen molar-refractivity contribution in [1.82, 2.24) is 30.1 Å². The Hall–Kier alpha value is -2.08. The van der Waals surface area contributed by atoms with Gasteiger partial charge in [-0.3, -0.25) is 14.5 Å². The highest BCUT2D eigenvalue weighted by atomic mass is 16.7. The molecule has 4 rings (SSSR count). The van der Waals surface area contributed by atoms with Gasteiger partial charge in [-0.2, -0.15) is 0 Å². The lowest BCUT2D eigenvalue weighted by Crippen LogP contribution is -2.49. The van der Waals surface area contributed by atoms with Crippen LogP contribution in [0.1, 0.15) is 51.8 Å². The van der Waals surface area contributed by atoms with Crippen LogP contribution in [0.2, 0.25) is 0 Å². The summed E-state index contributed by atoms with van der Waals surface area (Å²) in [5, 5.41) is 21.4. The van der Waals surface area contributed by atoms with Gasteiger partial charge in [-0.1, -0.05) is 26.0 Å². The molecule has 11 heteroatoms. The Balaban J connectivity index is 1.44. The minimum atomic E-state index is -0.723. The molecule has 1 aromatic rings. The number of carbonyl (C=O) groups is 2. The van der Waals surface area contributed by atoms with Crippen LogP contribution in [0.15, 0.2) is 6.20 Å². The van der Waals surface area contributed by atoms with Crippen molar-refractivity contribution >= 4 is 11.8 Å². The van der Waals surface area contributed by atoms with Crippen LogP contribution in [0.5, 0.6) is 0 Å². The summed E-state index contributed by atoms with van der Waals surface area (Å²) in [6.07, 6.45) is 4.00. The van der Waals surface area contributed by atoms with Gasteiger partial charge < -0.3 is 24.8 Å². The van der Waals surface area contributed by atoms with Gasteiger partial charge in [0.15, 0.2) is 5.79 Å². The van der Waals surface area contributed by atoms with Crippen molar-refractivity contribution in [3.63, 3.8) is 0 Å². The number of ether oxygens (including phenoxy) is 2. The molecule has 2 N–H and O–H groups in total. The lowest BCUT2D eigenvalue weighted by molar-refractivity contribution is -0.189. The Kier molecular flexibility index (Phi) is 7.28. The molecule has 3 saturated heterocycles. The first kappa shape index (κ1) is 25.0. The van der Waals surface area contributed by atoms with Crippen LogP contribution >= 0.6 is 0 Å². The molecule has 0 saturated carbocycles. The molecule has 0 unspecified atom stereocenters. The maximum atomic E-state index is 13.6. The number of likely N-dealkylation sites (N-methyl/N-ethyl adjacent to an activating group) is 1. The maximum absolute atomic E-state index is 13.6. The third-order valence-corrected chi connectivity index (χ3v) is 6.98. The third kappa shape index (κ3) is 5.27. The predicted octanol–water partition coefficient (Wildman–Crippen LogP) is -0.0455. The van der Waals surface area contributed by atoms with Crippen LogP contribution in [0.4, 0.5) is 0 Å². The molecule has 190 valence electrons. The Labute approximate surface area is 200 Å². The minimum Gasteiger partial charge on any atom is -0.391 e. The number of aliphatic hydroxyl groups excluding tert-OH is 1. The van der Waals surface area contributed by atoms with Crippen molar-refractivity contribution in [2.24, 2.45) is 5.41 Å². The number of carbonyl (C=O) groups excluding carboxylic acids is 2. The number of nitrogens with zero attached hydrogens (tertiary/aromatic N) is 5. The average Bonchev–Trinajstić information content (AvgIpc) is 3.52. The SMILES string of the molecule is CNC(=O)[C@@H]1C[C@@H](O)CN1C(=O)[C@@H](n1cc(CCN2CCCC3(C2)OCCO3)nn1)C(C)(C)C. The average molecular weight is 479 g/mol. The molecule has 4 heterocycles. The molecular formula is C23H38N6O5. The first-order valence-electron chi connectivity index (χ1n) is 12.2. The van der Waals surface area contributed by atoms with Gasteiger partial charge in [0, 0.05) is 45.6 Å². The lowest BCUT2D eigenvalue weighted by atomic mass is 9.85. The van der Waals surface area contributed by atoms with E-state index in [9.17, 15) is 14.7 Å². The van der Waals surface area contributed by atoms with E-state index >= 15 is 0 Å². The van der Waals surface area contributed by atoms with Crippen molar-refractivity contribution < 1.29 is 24.2 Å². The second-order valence-corrected chi connectivity index (χ2v) is 10.7. The molecule has 3 fully saturated rings.